The third kappa shape index (κ3) is 5.63. The van der Waals surface area contributed by atoms with E-state index in [9.17, 15) is 18.4 Å². The monoisotopic (exact) mass is 561 g/mol. The lowest BCUT2D eigenvalue weighted by atomic mass is 10.1. The number of aromatic nitrogens is 4. The highest BCUT2D eigenvalue weighted by Crippen LogP contribution is 2.32. The van der Waals surface area contributed by atoms with Crippen LogP contribution in [0.5, 0.6) is 0 Å². The van der Waals surface area contributed by atoms with Crippen molar-refractivity contribution in [2.75, 3.05) is 11.9 Å². The SMILES string of the molecule is C=C1CCO/C1=C/C(F)=C(\C)c1nc2n(CC(=O)Nc3ccc(C(C)(F)F)cc3Cl)c(CC)c(C)c(=O)n2n1. The molecule has 3 heterocycles. The van der Waals surface area contributed by atoms with E-state index in [0.717, 1.165) is 17.5 Å². The molecular weight excluding hydrogens is 535 g/mol. The Morgan fingerprint density at radius 3 is 2.67 bits per heavy atom. The van der Waals surface area contributed by atoms with E-state index in [1.807, 2.05) is 6.92 Å². The van der Waals surface area contributed by atoms with E-state index >= 15 is 4.39 Å². The number of rotatable bonds is 7. The summed E-state index contributed by atoms with van der Waals surface area (Å²) in [6.07, 6.45) is 2.21. The van der Waals surface area contributed by atoms with Crippen molar-refractivity contribution >= 4 is 34.5 Å². The Bertz CT molecular complexity index is 1620. The van der Waals surface area contributed by atoms with Gasteiger partial charge in [-0.1, -0.05) is 31.2 Å². The van der Waals surface area contributed by atoms with Gasteiger partial charge in [0.1, 0.15) is 18.1 Å². The molecule has 1 aliphatic heterocycles. The predicted molar refractivity (Wildman–Crippen MR) is 143 cm³/mol. The summed E-state index contributed by atoms with van der Waals surface area (Å²) in [5, 5.41) is 6.78. The van der Waals surface area contributed by atoms with E-state index in [-0.39, 0.29) is 40.0 Å². The summed E-state index contributed by atoms with van der Waals surface area (Å²) in [4.78, 5) is 30.4. The molecule has 3 aromatic rings. The van der Waals surface area contributed by atoms with Gasteiger partial charge in [0.05, 0.1) is 17.3 Å². The quantitative estimate of drug-likeness (QED) is 0.398. The molecule has 1 saturated heterocycles. The Hall–Kier alpha value is -3.86. The van der Waals surface area contributed by atoms with E-state index in [0.29, 0.717) is 42.0 Å². The maximum Gasteiger partial charge on any atom is 0.278 e. The Labute approximate surface area is 227 Å². The zero-order chi connectivity index (χ0) is 28.6. The lowest BCUT2D eigenvalue weighted by Crippen LogP contribution is -2.29. The number of anilines is 1. The van der Waals surface area contributed by atoms with Crippen molar-refractivity contribution in [1.29, 1.82) is 0 Å². The first-order valence-corrected chi connectivity index (χ1v) is 12.6. The Morgan fingerprint density at radius 2 is 2.08 bits per heavy atom. The summed E-state index contributed by atoms with van der Waals surface area (Å²) in [6, 6.07) is 3.56. The number of alkyl halides is 2. The molecule has 1 amide bonds. The van der Waals surface area contributed by atoms with Crippen LogP contribution in [0.15, 0.2) is 52.8 Å². The third-order valence-corrected chi connectivity index (χ3v) is 6.76. The molecule has 12 heteroatoms. The molecule has 0 unspecified atom stereocenters. The van der Waals surface area contributed by atoms with Gasteiger partial charge in [0.15, 0.2) is 5.82 Å². The van der Waals surface area contributed by atoms with Gasteiger partial charge < -0.3 is 14.6 Å². The number of ether oxygens (including phenoxy) is 1. The largest absolute Gasteiger partial charge is 0.493 e. The standard InChI is InChI=1S/C27H27ClF3N5O3/c1-6-21-16(4)25(38)36-26(33-24(34-36)15(3)19(29)12-22-14(2)9-10-39-22)35(21)13-23(37)32-20-8-7-17(11-18(20)28)27(5,30)31/h7-8,11-12H,2,6,9-10,13H2,1,3-5H3,(H,32,37)/b19-15-,22-12+. The van der Waals surface area contributed by atoms with Crippen LogP contribution in [0.1, 0.15) is 49.8 Å². The molecule has 8 nitrogen and oxygen atoms in total. The van der Waals surface area contributed by atoms with Gasteiger partial charge in [-0.05, 0) is 38.0 Å². The predicted octanol–water partition coefficient (Wildman–Crippen LogP) is 5.73. The summed E-state index contributed by atoms with van der Waals surface area (Å²) in [5.41, 5.74) is 1.04. The molecule has 39 heavy (non-hydrogen) atoms. The van der Waals surface area contributed by atoms with Crippen molar-refractivity contribution in [3.63, 3.8) is 0 Å². The van der Waals surface area contributed by atoms with Gasteiger partial charge >= 0.3 is 0 Å². The minimum atomic E-state index is -3.09. The fourth-order valence-electron chi connectivity index (χ4n) is 4.21. The van der Waals surface area contributed by atoms with Gasteiger partial charge in [0, 0.05) is 41.8 Å². The Morgan fingerprint density at radius 1 is 1.36 bits per heavy atom. The number of fused-ring (bicyclic) bond motifs is 1. The van der Waals surface area contributed by atoms with E-state index in [4.69, 9.17) is 16.3 Å². The van der Waals surface area contributed by atoms with Crippen LogP contribution in [0, 0.1) is 6.92 Å². The fraction of sp³-hybridized carbons (Fsp3) is 0.333. The lowest BCUT2D eigenvalue weighted by molar-refractivity contribution is -0.116. The van der Waals surface area contributed by atoms with Crippen LogP contribution in [0.2, 0.25) is 5.02 Å². The Balaban J connectivity index is 1.72. The maximum absolute atomic E-state index is 15.0. The number of nitrogens with zero attached hydrogens (tertiary/aromatic N) is 4. The van der Waals surface area contributed by atoms with Gasteiger partial charge in [0.25, 0.3) is 11.5 Å². The number of benzene rings is 1. The van der Waals surface area contributed by atoms with Crippen LogP contribution < -0.4 is 10.9 Å². The van der Waals surface area contributed by atoms with E-state index in [1.165, 1.54) is 29.7 Å². The lowest BCUT2D eigenvalue weighted by Gasteiger charge is -2.16. The zero-order valence-corrected chi connectivity index (χ0v) is 22.6. The van der Waals surface area contributed by atoms with Crippen molar-refractivity contribution in [2.24, 2.45) is 0 Å². The smallest absolute Gasteiger partial charge is 0.278 e. The number of nitrogens with one attached hydrogen (secondary N) is 1. The number of hydrogen-bond acceptors (Lipinski definition) is 5. The van der Waals surface area contributed by atoms with Gasteiger partial charge in [-0.3, -0.25) is 9.59 Å². The molecule has 2 aromatic heterocycles. The highest BCUT2D eigenvalue weighted by Gasteiger charge is 2.26. The molecule has 0 atom stereocenters. The molecule has 1 N–H and O–H groups in total. The average Bonchev–Trinajstić information content (AvgIpc) is 3.49. The normalized spacial score (nSPS) is 15.6. The van der Waals surface area contributed by atoms with Crippen LogP contribution in [-0.4, -0.2) is 31.7 Å². The molecule has 0 aliphatic carbocycles. The van der Waals surface area contributed by atoms with Gasteiger partial charge in [0.2, 0.25) is 11.7 Å². The first-order valence-electron chi connectivity index (χ1n) is 12.2. The molecule has 0 bridgehead atoms. The number of hydrogen-bond donors (Lipinski definition) is 1. The highest BCUT2D eigenvalue weighted by molar-refractivity contribution is 6.33. The minimum Gasteiger partial charge on any atom is -0.493 e. The summed E-state index contributed by atoms with van der Waals surface area (Å²) in [6.45, 7) is 9.61. The molecule has 1 fully saturated rings. The van der Waals surface area contributed by atoms with Crippen molar-refractivity contribution < 1.29 is 22.7 Å². The number of halogens is 4. The van der Waals surface area contributed by atoms with E-state index in [2.05, 4.69) is 22.0 Å². The van der Waals surface area contributed by atoms with Crippen molar-refractivity contribution in [3.8, 4) is 0 Å². The summed E-state index contributed by atoms with van der Waals surface area (Å²) in [5.74, 6) is -3.94. The van der Waals surface area contributed by atoms with Crippen LogP contribution >= 0.6 is 11.6 Å². The van der Waals surface area contributed by atoms with Crippen LogP contribution in [0.4, 0.5) is 18.9 Å². The molecule has 206 valence electrons. The highest BCUT2D eigenvalue weighted by atomic mass is 35.5. The number of amides is 1. The first kappa shape index (κ1) is 28.2. The zero-order valence-electron chi connectivity index (χ0n) is 21.9. The number of allylic oxidation sites excluding steroid dienone is 4. The van der Waals surface area contributed by atoms with Crippen molar-refractivity contribution in [1.82, 2.24) is 19.2 Å². The Kier molecular flexibility index (Phi) is 7.74. The topological polar surface area (TPSA) is 90.5 Å². The second-order valence-corrected chi connectivity index (χ2v) is 9.69. The summed E-state index contributed by atoms with van der Waals surface area (Å²) >= 11 is 6.14. The van der Waals surface area contributed by atoms with E-state index in [1.54, 1.807) is 6.92 Å². The molecule has 4 rings (SSSR count). The second-order valence-electron chi connectivity index (χ2n) is 9.28. The van der Waals surface area contributed by atoms with Crippen molar-refractivity contribution in [2.45, 2.75) is 53.0 Å². The summed E-state index contributed by atoms with van der Waals surface area (Å²) in [7, 11) is 0. The van der Waals surface area contributed by atoms with Gasteiger partial charge in [-0.15, -0.1) is 5.10 Å². The third-order valence-electron chi connectivity index (χ3n) is 6.45. The van der Waals surface area contributed by atoms with Crippen LogP contribution in [-0.2, 0) is 28.4 Å². The summed E-state index contributed by atoms with van der Waals surface area (Å²) < 4.78 is 50.2. The molecule has 0 radical (unpaired) electrons. The van der Waals surface area contributed by atoms with Crippen molar-refractivity contribution in [3.05, 3.63) is 86.0 Å². The fourth-order valence-corrected chi connectivity index (χ4v) is 4.44. The number of carbonyl (C=O) groups excluding carboxylic acids is 1. The van der Waals surface area contributed by atoms with Gasteiger partial charge in [-0.2, -0.15) is 9.50 Å². The van der Waals surface area contributed by atoms with Crippen LogP contribution in [0.25, 0.3) is 11.4 Å². The molecule has 0 saturated carbocycles. The molecular formula is C27H27ClF3N5O3. The average molecular weight is 562 g/mol. The van der Waals surface area contributed by atoms with E-state index < -0.39 is 23.2 Å². The molecule has 1 aromatic carbocycles. The first-order chi connectivity index (χ1) is 18.3. The van der Waals surface area contributed by atoms with Crippen LogP contribution in [0.3, 0.4) is 0 Å². The second kappa shape index (κ2) is 10.7. The molecule has 0 spiro atoms. The molecule has 1 aliphatic rings. The van der Waals surface area contributed by atoms with Gasteiger partial charge in [-0.25, -0.2) is 13.2 Å². The number of carbonyl (C=O) groups is 1. The minimum absolute atomic E-state index is 0.0361. The maximum atomic E-state index is 15.0.